The van der Waals surface area contributed by atoms with Gasteiger partial charge < -0.3 is 4.74 Å². The van der Waals surface area contributed by atoms with Crippen molar-refractivity contribution in [3.8, 4) is 0 Å². The van der Waals surface area contributed by atoms with Crippen molar-refractivity contribution in [1.29, 1.82) is 0 Å². The Morgan fingerprint density at radius 1 is 1.22 bits per heavy atom. The van der Waals surface area contributed by atoms with Crippen LogP contribution in [0.5, 0.6) is 0 Å². The fraction of sp³-hybridized carbons (Fsp3) is 0.0625. The molecule has 0 aliphatic carbocycles. The number of rotatable bonds is 4. The molecule has 0 N–H and O–H groups in total. The van der Waals surface area contributed by atoms with Crippen LogP contribution in [0.15, 0.2) is 40.9 Å². The van der Waals surface area contributed by atoms with Crippen LogP contribution in [0.25, 0.3) is 12.2 Å². The molecule has 0 spiro atoms. The van der Waals surface area contributed by atoms with Gasteiger partial charge in [-0.1, -0.05) is 18.2 Å². The Morgan fingerprint density at radius 3 is 2.43 bits per heavy atom. The Balaban J connectivity index is 2.32. The molecular weight excluding hydrogens is 369 g/mol. The Hall–Kier alpha value is -2.54. The third-order valence-corrected chi connectivity index (χ3v) is 3.73. The maximum atomic E-state index is 14.4. The van der Waals surface area contributed by atoms with Crippen LogP contribution in [0.4, 0.5) is 10.1 Å². The smallest absolute Gasteiger partial charge is 0.342 e. The monoisotopic (exact) mass is 379 g/mol. The van der Waals surface area contributed by atoms with Gasteiger partial charge in [0.1, 0.15) is 11.4 Å². The second-order valence-electron chi connectivity index (χ2n) is 4.50. The minimum Gasteiger partial charge on any atom is -0.465 e. The molecule has 2 aromatic carbocycles. The van der Waals surface area contributed by atoms with Crippen LogP contribution in [-0.2, 0) is 4.74 Å². The number of nitro groups is 1. The van der Waals surface area contributed by atoms with Crippen molar-refractivity contribution >= 4 is 39.7 Å². The molecule has 0 aliphatic heterocycles. The van der Waals surface area contributed by atoms with Crippen LogP contribution < -0.4 is 0 Å². The van der Waals surface area contributed by atoms with Gasteiger partial charge in [-0.2, -0.15) is 0 Å². The van der Waals surface area contributed by atoms with Crippen molar-refractivity contribution in [1.82, 2.24) is 0 Å². The highest BCUT2D eigenvalue weighted by Crippen LogP contribution is 2.25. The Kier molecular flexibility index (Phi) is 5.23. The first-order valence-electron chi connectivity index (χ1n) is 6.43. The van der Waals surface area contributed by atoms with Gasteiger partial charge in [0, 0.05) is 22.2 Å². The van der Waals surface area contributed by atoms with Crippen LogP contribution in [-0.4, -0.2) is 18.0 Å². The zero-order chi connectivity index (χ0) is 17.0. The summed E-state index contributed by atoms with van der Waals surface area (Å²) in [4.78, 5) is 21.7. The molecule has 118 valence electrons. The lowest BCUT2D eigenvalue weighted by Gasteiger charge is -2.06. The summed E-state index contributed by atoms with van der Waals surface area (Å²) in [5.74, 6) is -1.48. The lowest BCUT2D eigenvalue weighted by molar-refractivity contribution is -0.384. The molecule has 0 amide bonds. The van der Waals surface area contributed by atoms with E-state index in [0.717, 1.165) is 0 Å². The largest absolute Gasteiger partial charge is 0.465 e. The molecule has 0 aliphatic rings. The number of benzene rings is 2. The highest BCUT2D eigenvalue weighted by Gasteiger charge is 2.18. The van der Waals surface area contributed by atoms with E-state index in [1.807, 2.05) is 0 Å². The molecule has 0 radical (unpaired) electrons. The van der Waals surface area contributed by atoms with Crippen molar-refractivity contribution < 1.29 is 18.8 Å². The van der Waals surface area contributed by atoms with Crippen molar-refractivity contribution in [3.05, 3.63) is 73.5 Å². The highest BCUT2D eigenvalue weighted by atomic mass is 79.9. The zero-order valence-electron chi connectivity index (χ0n) is 12.0. The summed E-state index contributed by atoms with van der Waals surface area (Å²) in [6, 6.07) is 8.87. The summed E-state index contributed by atoms with van der Waals surface area (Å²) in [6.45, 7) is 0. The first kappa shape index (κ1) is 16.8. The molecule has 0 unspecified atom stereocenters. The van der Waals surface area contributed by atoms with E-state index in [0.29, 0.717) is 10.0 Å². The van der Waals surface area contributed by atoms with Gasteiger partial charge in [-0.15, -0.1) is 0 Å². The summed E-state index contributed by atoms with van der Waals surface area (Å²) < 4.78 is 19.2. The molecule has 23 heavy (non-hydrogen) atoms. The summed E-state index contributed by atoms with van der Waals surface area (Å²) in [6.07, 6.45) is 3.08. The number of ether oxygens (including phenoxy) is 1. The predicted molar refractivity (Wildman–Crippen MR) is 87.5 cm³/mol. The first-order valence-corrected chi connectivity index (χ1v) is 7.22. The SMILES string of the molecule is COC(=O)c1c(Br)ccc(C=Cc2ccc([N+](=O)[O-])cc2)c1F. The topological polar surface area (TPSA) is 69.4 Å². The third kappa shape index (κ3) is 3.81. The van der Waals surface area contributed by atoms with Gasteiger partial charge in [0.05, 0.1) is 12.0 Å². The number of hydrogen-bond donors (Lipinski definition) is 0. The van der Waals surface area contributed by atoms with Crippen LogP contribution in [0.2, 0.25) is 0 Å². The molecule has 0 bridgehead atoms. The fourth-order valence-electron chi connectivity index (χ4n) is 1.88. The Morgan fingerprint density at radius 2 is 1.87 bits per heavy atom. The number of halogens is 2. The number of carbonyl (C=O) groups excluding carboxylic acids is 1. The number of hydrogen-bond acceptors (Lipinski definition) is 4. The van der Waals surface area contributed by atoms with Gasteiger partial charge >= 0.3 is 5.97 Å². The van der Waals surface area contributed by atoms with E-state index in [1.54, 1.807) is 24.3 Å². The lowest BCUT2D eigenvalue weighted by Crippen LogP contribution is -2.06. The van der Waals surface area contributed by atoms with E-state index in [1.165, 1.54) is 31.4 Å². The summed E-state index contributed by atoms with van der Waals surface area (Å²) >= 11 is 3.11. The molecule has 0 fully saturated rings. The summed E-state index contributed by atoms with van der Waals surface area (Å²) in [5, 5.41) is 10.6. The second-order valence-corrected chi connectivity index (χ2v) is 5.35. The summed E-state index contributed by atoms with van der Waals surface area (Å²) in [7, 11) is 1.17. The highest BCUT2D eigenvalue weighted by molar-refractivity contribution is 9.10. The number of carbonyl (C=O) groups is 1. The number of esters is 1. The quantitative estimate of drug-likeness (QED) is 0.340. The Labute approximate surface area is 139 Å². The maximum absolute atomic E-state index is 14.4. The van der Waals surface area contributed by atoms with Crippen molar-refractivity contribution in [3.63, 3.8) is 0 Å². The van der Waals surface area contributed by atoms with Crippen molar-refractivity contribution in [2.24, 2.45) is 0 Å². The zero-order valence-corrected chi connectivity index (χ0v) is 13.5. The third-order valence-electron chi connectivity index (χ3n) is 3.07. The molecule has 5 nitrogen and oxygen atoms in total. The average molecular weight is 380 g/mol. The van der Waals surface area contributed by atoms with E-state index >= 15 is 0 Å². The van der Waals surface area contributed by atoms with Crippen LogP contribution in [0.3, 0.4) is 0 Å². The van der Waals surface area contributed by atoms with E-state index < -0.39 is 16.7 Å². The molecular formula is C16H11BrFNO4. The van der Waals surface area contributed by atoms with Gasteiger partial charge in [-0.3, -0.25) is 10.1 Å². The van der Waals surface area contributed by atoms with Gasteiger partial charge in [0.25, 0.3) is 5.69 Å². The van der Waals surface area contributed by atoms with E-state index in [-0.39, 0.29) is 16.8 Å². The number of non-ortho nitro benzene ring substituents is 1. The van der Waals surface area contributed by atoms with E-state index in [4.69, 9.17) is 0 Å². The normalized spacial score (nSPS) is 10.7. The molecule has 7 heteroatoms. The minimum atomic E-state index is -0.778. The number of nitrogens with zero attached hydrogens (tertiary/aromatic N) is 1. The molecule has 0 saturated carbocycles. The van der Waals surface area contributed by atoms with Gasteiger partial charge in [0.2, 0.25) is 0 Å². The molecule has 0 aromatic heterocycles. The minimum absolute atomic E-state index is 0.0232. The molecule has 0 heterocycles. The van der Waals surface area contributed by atoms with Gasteiger partial charge in [-0.25, -0.2) is 9.18 Å². The van der Waals surface area contributed by atoms with Crippen LogP contribution >= 0.6 is 15.9 Å². The van der Waals surface area contributed by atoms with Crippen molar-refractivity contribution in [2.75, 3.05) is 7.11 Å². The predicted octanol–water partition coefficient (Wildman–Crippen LogP) is 4.45. The maximum Gasteiger partial charge on any atom is 0.342 e. The number of methoxy groups -OCH3 is 1. The second kappa shape index (κ2) is 7.15. The van der Waals surface area contributed by atoms with E-state index in [9.17, 15) is 19.3 Å². The molecule has 0 saturated heterocycles. The van der Waals surface area contributed by atoms with Gasteiger partial charge in [0.15, 0.2) is 0 Å². The van der Waals surface area contributed by atoms with E-state index in [2.05, 4.69) is 20.7 Å². The first-order chi connectivity index (χ1) is 10.9. The standard InChI is InChI=1S/C16H11BrFNO4/c1-23-16(20)14-13(17)9-6-11(15(14)18)5-2-10-3-7-12(8-4-10)19(21)22/h2-9H,1H3. The average Bonchev–Trinajstić information content (AvgIpc) is 2.54. The van der Waals surface area contributed by atoms with Crippen LogP contribution in [0, 0.1) is 15.9 Å². The van der Waals surface area contributed by atoms with Crippen LogP contribution in [0.1, 0.15) is 21.5 Å². The number of nitro benzene ring substituents is 1. The molecule has 2 aromatic rings. The lowest BCUT2D eigenvalue weighted by atomic mass is 10.1. The van der Waals surface area contributed by atoms with Crippen molar-refractivity contribution in [2.45, 2.75) is 0 Å². The Bertz CT molecular complexity index is 787. The fourth-order valence-corrected chi connectivity index (χ4v) is 2.35. The van der Waals surface area contributed by atoms with Gasteiger partial charge in [-0.05, 0) is 39.7 Å². The molecule has 2 rings (SSSR count). The summed E-state index contributed by atoms with van der Waals surface area (Å²) in [5.41, 5.74) is 0.660. The molecule has 0 atom stereocenters.